The quantitative estimate of drug-likeness (QED) is 0.651. The van der Waals surface area contributed by atoms with Gasteiger partial charge in [0.15, 0.2) is 0 Å². The zero-order valence-electron chi connectivity index (χ0n) is 13.3. The number of aliphatic hydroxyl groups excluding tert-OH is 1. The number of rotatable bonds is 10. The van der Waals surface area contributed by atoms with Gasteiger partial charge < -0.3 is 10.4 Å². The van der Waals surface area contributed by atoms with Crippen molar-refractivity contribution in [1.29, 1.82) is 0 Å². The Bertz CT molecular complexity index is 300. The van der Waals surface area contributed by atoms with Crippen LogP contribution in [0.1, 0.15) is 52.9 Å². The molecule has 21 heavy (non-hydrogen) atoms. The molecule has 0 aromatic carbocycles. The van der Waals surface area contributed by atoms with Crippen molar-refractivity contribution in [2.45, 2.75) is 76.7 Å². The maximum Gasteiger partial charge on any atom is 0.401 e. The van der Waals surface area contributed by atoms with Gasteiger partial charge in [0.2, 0.25) is 0 Å². The van der Waals surface area contributed by atoms with Crippen LogP contribution < -0.4 is 5.32 Å². The van der Waals surface area contributed by atoms with Crippen molar-refractivity contribution in [1.82, 2.24) is 10.2 Å². The zero-order valence-corrected chi connectivity index (χ0v) is 13.3. The molecule has 1 saturated carbocycles. The molecule has 1 aliphatic carbocycles. The smallest absolute Gasteiger partial charge is 0.394 e. The molecule has 3 nitrogen and oxygen atoms in total. The van der Waals surface area contributed by atoms with Crippen molar-refractivity contribution >= 4 is 0 Å². The van der Waals surface area contributed by atoms with E-state index in [9.17, 15) is 18.3 Å². The van der Waals surface area contributed by atoms with Gasteiger partial charge in [0.05, 0.1) is 13.2 Å². The Morgan fingerprint density at radius 3 is 2.29 bits per heavy atom. The predicted octanol–water partition coefficient (Wildman–Crippen LogP) is 2.93. The molecular formula is C15H29F3N2O. The standard InChI is InChI=1S/C15H29F3N2O/c1-4-14(11-21,19-12(2)3)8-5-9-20(13-6-7-13)10-15(16,17)18/h12-13,19,21H,4-11H2,1-3H3. The zero-order chi connectivity index (χ0) is 16.1. The molecular weight excluding hydrogens is 281 g/mol. The summed E-state index contributed by atoms with van der Waals surface area (Å²) in [7, 11) is 0. The Balaban J connectivity index is 2.47. The van der Waals surface area contributed by atoms with Gasteiger partial charge in [0, 0.05) is 17.6 Å². The van der Waals surface area contributed by atoms with Gasteiger partial charge in [-0.1, -0.05) is 20.8 Å². The second-order valence-corrected chi connectivity index (χ2v) is 6.51. The van der Waals surface area contributed by atoms with Crippen LogP contribution in [0.15, 0.2) is 0 Å². The molecule has 1 atom stereocenters. The third kappa shape index (κ3) is 6.98. The average Bonchev–Trinajstić information content (AvgIpc) is 3.18. The van der Waals surface area contributed by atoms with Gasteiger partial charge >= 0.3 is 6.18 Å². The number of alkyl halides is 3. The van der Waals surface area contributed by atoms with Gasteiger partial charge in [-0.15, -0.1) is 0 Å². The van der Waals surface area contributed by atoms with E-state index >= 15 is 0 Å². The third-order valence-electron chi connectivity index (χ3n) is 4.12. The maximum atomic E-state index is 12.6. The first-order valence-corrected chi connectivity index (χ1v) is 7.91. The molecule has 0 heterocycles. The van der Waals surface area contributed by atoms with E-state index in [0.717, 1.165) is 19.3 Å². The van der Waals surface area contributed by atoms with Crippen LogP contribution in [-0.4, -0.2) is 53.5 Å². The van der Waals surface area contributed by atoms with Crippen molar-refractivity contribution in [3.05, 3.63) is 0 Å². The second-order valence-electron chi connectivity index (χ2n) is 6.51. The number of hydrogen-bond donors (Lipinski definition) is 2. The molecule has 0 aromatic heterocycles. The summed E-state index contributed by atoms with van der Waals surface area (Å²) in [6.45, 7) is 5.68. The first-order chi connectivity index (χ1) is 9.71. The average molecular weight is 310 g/mol. The van der Waals surface area contributed by atoms with Crippen molar-refractivity contribution < 1.29 is 18.3 Å². The minimum atomic E-state index is -4.13. The van der Waals surface area contributed by atoms with E-state index in [2.05, 4.69) is 5.32 Å². The Morgan fingerprint density at radius 1 is 1.29 bits per heavy atom. The summed E-state index contributed by atoms with van der Waals surface area (Å²) in [5, 5.41) is 13.0. The highest BCUT2D eigenvalue weighted by Gasteiger charge is 2.38. The summed E-state index contributed by atoms with van der Waals surface area (Å²) in [4.78, 5) is 1.55. The van der Waals surface area contributed by atoms with Crippen molar-refractivity contribution in [2.75, 3.05) is 19.7 Å². The Morgan fingerprint density at radius 2 is 1.90 bits per heavy atom. The Hall–Kier alpha value is -0.330. The van der Waals surface area contributed by atoms with Crippen LogP contribution in [0.25, 0.3) is 0 Å². The van der Waals surface area contributed by atoms with Gasteiger partial charge in [-0.25, -0.2) is 0 Å². The van der Waals surface area contributed by atoms with Gasteiger partial charge in [-0.3, -0.25) is 4.90 Å². The Labute approximate surface area is 125 Å². The number of nitrogens with zero attached hydrogens (tertiary/aromatic N) is 1. The van der Waals surface area contributed by atoms with Crippen LogP contribution in [0, 0.1) is 0 Å². The van der Waals surface area contributed by atoms with E-state index in [1.165, 1.54) is 0 Å². The topological polar surface area (TPSA) is 35.5 Å². The summed E-state index contributed by atoms with van der Waals surface area (Å²) in [6.07, 6.45) is -0.250. The van der Waals surface area contributed by atoms with Crippen LogP contribution in [0.4, 0.5) is 13.2 Å². The fourth-order valence-corrected chi connectivity index (χ4v) is 2.88. The molecule has 1 aliphatic rings. The summed E-state index contributed by atoms with van der Waals surface area (Å²) in [5.41, 5.74) is -0.373. The summed E-state index contributed by atoms with van der Waals surface area (Å²) >= 11 is 0. The van der Waals surface area contributed by atoms with Crippen LogP contribution in [0.2, 0.25) is 0 Å². The van der Waals surface area contributed by atoms with Gasteiger partial charge in [-0.2, -0.15) is 13.2 Å². The number of aliphatic hydroxyl groups is 1. The van der Waals surface area contributed by atoms with Gasteiger partial charge in [0.25, 0.3) is 0 Å². The monoisotopic (exact) mass is 310 g/mol. The molecule has 6 heteroatoms. The van der Waals surface area contributed by atoms with Crippen LogP contribution in [0.5, 0.6) is 0 Å². The highest BCUT2D eigenvalue weighted by atomic mass is 19.4. The largest absolute Gasteiger partial charge is 0.401 e. The molecule has 0 saturated heterocycles. The van der Waals surface area contributed by atoms with Crippen molar-refractivity contribution in [3.63, 3.8) is 0 Å². The summed E-state index contributed by atoms with van der Waals surface area (Å²) < 4.78 is 37.7. The van der Waals surface area contributed by atoms with Crippen molar-refractivity contribution in [2.24, 2.45) is 0 Å². The highest BCUT2D eigenvalue weighted by Crippen LogP contribution is 2.30. The summed E-state index contributed by atoms with van der Waals surface area (Å²) in [5.74, 6) is 0. The molecule has 0 spiro atoms. The molecule has 1 rings (SSSR count). The molecule has 1 fully saturated rings. The SMILES string of the molecule is CCC(CO)(CCCN(CC(F)(F)F)C1CC1)NC(C)C. The van der Waals surface area contributed by atoms with Gasteiger partial charge in [0.1, 0.15) is 0 Å². The normalized spacial score (nSPS) is 19.3. The van der Waals surface area contributed by atoms with E-state index in [1.807, 2.05) is 20.8 Å². The lowest BCUT2D eigenvalue weighted by molar-refractivity contribution is -0.147. The predicted molar refractivity (Wildman–Crippen MR) is 78.3 cm³/mol. The fraction of sp³-hybridized carbons (Fsp3) is 1.00. The minimum absolute atomic E-state index is 0.0182. The minimum Gasteiger partial charge on any atom is -0.394 e. The number of nitrogens with one attached hydrogen (secondary N) is 1. The van der Waals surface area contributed by atoms with Crippen LogP contribution in [-0.2, 0) is 0 Å². The molecule has 1 unspecified atom stereocenters. The summed E-state index contributed by atoms with van der Waals surface area (Å²) in [6, 6.07) is 0.349. The Kier molecular flexibility index (Phi) is 6.94. The molecule has 0 aliphatic heterocycles. The third-order valence-corrected chi connectivity index (χ3v) is 4.12. The highest BCUT2D eigenvalue weighted by molar-refractivity contribution is 4.90. The van der Waals surface area contributed by atoms with E-state index in [1.54, 1.807) is 4.90 Å². The van der Waals surface area contributed by atoms with Crippen molar-refractivity contribution in [3.8, 4) is 0 Å². The lowest BCUT2D eigenvalue weighted by Gasteiger charge is -2.35. The molecule has 2 N–H and O–H groups in total. The first-order valence-electron chi connectivity index (χ1n) is 7.91. The van der Waals surface area contributed by atoms with E-state index in [4.69, 9.17) is 0 Å². The van der Waals surface area contributed by atoms with E-state index in [0.29, 0.717) is 19.4 Å². The van der Waals surface area contributed by atoms with Gasteiger partial charge in [-0.05, 0) is 38.6 Å². The number of halogens is 3. The first kappa shape index (κ1) is 18.7. The van der Waals surface area contributed by atoms with Crippen LogP contribution in [0.3, 0.4) is 0 Å². The van der Waals surface area contributed by atoms with E-state index < -0.39 is 12.7 Å². The molecule has 126 valence electrons. The second kappa shape index (κ2) is 7.79. The van der Waals surface area contributed by atoms with E-state index in [-0.39, 0.29) is 24.2 Å². The molecule has 0 amide bonds. The molecule has 0 radical (unpaired) electrons. The fourth-order valence-electron chi connectivity index (χ4n) is 2.88. The van der Waals surface area contributed by atoms with Crippen LogP contribution >= 0.6 is 0 Å². The lowest BCUT2D eigenvalue weighted by Crippen LogP contribution is -2.51. The molecule has 0 bridgehead atoms. The molecule has 0 aromatic rings. The maximum absolute atomic E-state index is 12.6. The number of hydrogen-bond acceptors (Lipinski definition) is 3. The lowest BCUT2D eigenvalue weighted by atomic mass is 9.90.